The Kier molecular flexibility index (Phi) is 6.84. The van der Waals surface area contributed by atoms with Crippen molar-refractivity contribution in [3.63, 3.8) is 0 Å². The summed E-state index contributed by atoms with van der Waals surface area (Å²) in [5.74, 6) is 0.0790. The molecule has 1 saturated carbocycles. The van der Waals surface area contributed by atoms with Gasteiger partial charge in [0.2, 0.25) is 0 Å². The number of carbonyl (C=O) groups excluding carboxylic acids is 1. The zero-order chi connectivity index (χ0) is 20.0. The van der Waals surface area contributed by atoms with Gasteiger partial charge in [0.05, 0.1) is 0 Å². The molecule has 1 fully saturated rings. The Morgan fingerprint density at radius 2 is 1.68 bits per heavy atom. The van der Waals surface area contributed by atoms with Crippen LogP contribution < -0.4 is 0 Å². The minimum Gasteiger partial charge on any atom is -0.508 e. The lowest BCUT2D eigenvalue weighted by Gasteiger charge is -2.32. The minimum atomic E-state index is -0.314. The molecular formula is C24H30FNO2. The number of nitrogens with zero attached hydrogens (tertiary/aromatic N) is 1. The predicted octanol–water partition coefficient (Wildman–Crippen LogP) is 5.33. The van der Waals surface area contributed by atoms with Crippen LogP contribution in [0, 0.1) is 5.82 Å². The zero-order valence-electron chi connectivity index (χ0n) is 16.7. The van der Waals surface area contributed by atoms with E-state index in [4.69, 9.17) is 0 Å². The van der Waals surface area contributed by atoms with Crippen LogP contribution in [0.3, 0.4) is 0 Å². The topological polar surface area (TPSA) is 40.5 Å². The van der Waals surface area contributed by atoms with Crippen molar-refractivity contribution in [2.75, 3.05) is 20.1 Å². The van der Waals surface area contributed by atoms with Crippen LogP contribution in [0.15, 0.2) is 48.5 Å². The van der Waals surface area contributed by atoms with Gasteiger partial charge in [0.25, 0.3) is 0 Å². The van der Waals surface area contributed by atoms with Gasteiger partial charge in [0, 0.05) is 12.0 Å². The first-order chi connectivity index (χ1) is 13.5. The third kappa shape index (κ3) is 5.20. The van der Waals surface area contributed by atoms with Crippen LogP contribution in [-0.4, -0.2) is 35.9 Å². The summed E-state index contributed by atoms with van der Waals surface area (Å²) in [6, 6.07) is 13.5. The average Bonchev–Trinajstić information content (AvgIpc) is 3.17. The standard InChI is InChI=1S/C24H30FNO2/c1-26(17-4-5-23(28)19-6-10-21(25)11-7-19)18-16-24(14-2-3-15-24)20-8-12-22(27)13-9-20/h6-13,27H,2-5,14-18H2,1H3. The van der Waals surface area contributed by atoms with E-state index in [1.165, 1.54) is 43.4 Å². The molecule has 0 aromatic heterocycles. The maximum Gasteiger partial charge on any atom is 0.162 e. The van der Waals surface area contributed by atoms with Gasteiger partial charge in [0.1, 0.15) is 11.6 Å². The van der Waals surface area contributed by atoms with Gasteiger partial charge < -0.3 is 10.0 Å². The molecule has 3 nitrogen and oxygen atoms in total. The second kappa shape index (κ2) is 9.33. The summed E-state index contributed by atoms with van der Waals surface area (Å²) in [6.45, 7) is 1.87. The molecular weight excluding hydrogens is 353 g/mol. The minimum absolute atomic E-state index is 0.0738. The van der Waals surface area contributed by atoms with E-state index in [9.17, 15) is 14.3 Å². The molecule has 4 heteroatoms. The molecule has 0 amide bonds. The molecule has 1 aliphatic rings. The van der Waals surface area contributed by atoms with Crippen LogP contribution in [0.25, 0.3) is 0 Å². The van der Waals surface area contributed by atoms with Crippen LogP contribution in [0.1, 0.15) is 60.9 Å². The van der Waals surface area contributed by atoms with E-state index in [0.29, 0.717) is 17.7 Å². The summed E-state index contributed by atoms with van der Waals surface area (Å²) in [5.41, 5.74) is 2.13. The maximum absolute atomic E-state index is 13.0. The second-order valence-electron chi connectivity index (χ2n) is 8.12. The number of phenols is 1. The largest absolute Gasteiger partial charge is 0.508 e. The van der Waals surface area contributed by atoms with Gasteiger partial charge in [0.15, 0.2) is 5.78 Å². The number of halogens is 1. The van der Waals surface area contributed by atoms with Crippen LogP contribution in [0.5, 0.6) is 5.75 Å². The van der Waals surface area contributed by atoms with Crippen molar-refractivity contribution in [1.29, 1.82) is 0 Å². The van der Waals surface area contributed by atoms with E-state index >= 15 is 0 Å². The molecule has 2 aromatic rings. The fourth-order valence-electron chi connectivity index (χ4n) is 4.36. The summed E-state index contributed by atoms with van der Waals surface area (Å²) < 4.78 is 13.0. The molecule has 0 unspecified atom stereocenters. The zero-order valence-corrected chi connectivity index (χ0v) is 16.7. The number of benzene rings is 2. The third-order valence-electron chi connectivity index (χ3n) is 6.12. The molecule has 0 saturated heterocycles. The number of carbonyl (C=O) groups is 1. The van der Waals surface area contributed by atoms with Crippen molar-refractivity contribution in [3.05, 3.63) is 65.5 Å². The molecule has 0 heterocycles. The fourth-order valence-corrected chi connectivity index (χ4v) is 4.36. The Balaban J connectivity index is 1.47. The van der Waals surface area contributed by atoms with Crippen molar-refractivity contribution in [3.8, 4) is 5.75 Å². The average molecular weight is 384 g/mol. The molecule has 0 atom stereocenters. The third-order valence-corrected chi connectivity index (χ3v) is 6.12. The monoisotopic (exact) mass is 383 g/mol. The number of ketones is 1. The summed E-state index contributed by atoms with van der Waals surface area (Å²) in [6.07, 6.45) is 7.31. The lowest BCUT2D eigenvalue weighted by atomic mass is 9.76. The van der Waals surface area contributed by atoms with Crippen molar-refractivity contribution in [1.82, 2.24) is 4.90 Å². The van der Waals surface area contributed by atoms with Crippen LogP contribution in [-0.2, 0) is 5.41 Å². The Bertz CT molecular complexity index is 764. The smallest absolute Gasteiger partial charge is 0.162 e. The summed E-state index contributed by atoms with van der Waals surface area (Å²) in [4.78, 5) is 14.5. The first-order valence-corrected chi connectivity index (χ1v) is 10.3. The molecule has 28 heavy (non-hydrogen) atoms. The van der Waals surface area contributed by atoms with Crippen LogP contribution >= 0.6 is 0 Å². The number of hydrogen-bond donors (Lipinski definition) is 1. The van der Waals surface area contributed by atoms with E-state index in [2.05, 4.69) is 24.1 Å². The fraction of sp³-hybridized carbons (Fsp3) is 0.458. The lowest BCUT2D eigenvalue weighted by Crippen LogP contribution is -2.30. The highest BCUT2D eigenvalue weighted by Gasteiger charge is 2.35. The van der Waals surface area contributed by atoms with E-state index in [-0.39, 0.29) is 17.0 Å². The van der Waals surface area contributed by atoms with Crippen LogP contribution in [0.2, 0.25) is 0 Å². The molecule has 0 radical (unpaired) electrons. The molecule has 150 valence electrons. The Morgan fingerprint density at radius 3 is 2.32 bits per heavy atom. The second-order valence-corrected chi connectivity index (χ2v) is 8.12. The van der Waals surface area contributed by atoms with E-state index in [0.717, 1.165) is 25.9 Å². The number of hydrogen-bond acceptors (Lipinski definition) is 3. The normalized spacial score (nSPS) is 15.8. The van der Waals surface area contributed by atoms with Gasteiger partial charge >= 0.3 is 0 Å². The van der Waals surface area contributed by atoms with Gasteiger partial charge in [-0.1, -0.05) is 25.0 Å². The van der Waals surface area contributed by atoms with Gasteiger partial charge in [-0.3, -0.25) is 4.79 Å². The van der Waals surface area contributed by atoms with Gasteiger partial charge in [-0.15, -0.1) is 0 Å². The highest BCUT2D eigenvalue weighted by atomic mass is 19.1. The van der Waals surface area contributed by atoms with Crippen molar-refractivity contribution in [2.45, 2.75) is 50.4 Å². The van der Waals surface area contributed by atoms with Gasteiger partial charge in [-0.25, -0.2) is 4.39 Å². The highest BCUT2D eigenvalue weighted by Crippen LogP contribution is 2.44. The molecule has 3 rings (SSSR count). The van der Waals surface area contributed by atoms with Gasteiger partial charge in [-0.05, 0) is 93.2 Å². The Morgan fingerprint density at radius 1 is 1.04 bits per heavy atom. The highest BCUT2D eigenvalue weighted by molar-refractivity contribution is 5.95. The number of phenolic OH excluding ortho intramolecular Hbond substituents is 1. The molecule has 2 aromatic carbocycles. The predicted molar refractivity (Wildman–Crippen MR) is 110 cm³/mol. The maximum atomic E-state index is 13.0. The van der Waals surface area contributed by atoms with Gasteiger partial charge in [-0.2, -0.15) is 0 Å². The number of rotatable bonds is 9. The van der Waals surface area contributed by atoms with E-state index in [1.807, 2.05) is 0 Å². The molecule has 1 aliphatic carbocycles. The van der Waals surface area contributed by atoms with Crippen molar-refractivity contribution in [2.24, 2.45) is 0 Å². The summed E-state index contributed by atoms with van der Waals surface area (Å²) >= 11 is 0. The van der Waals surface area contributed by atoms with Crippen LogP contribution in [0.4, 0.5) is 4.39 Å². The molecule has 0 bridgehead atoms. The van der Waals surface area contributed by atoms with E-state index in [1.54, 1.807) is 24.3 Å². The first kappa shape index (κ1) is 20.5. The molecule has 0 spiro atoms. The van der Waals surface area contributed by atoms with E-state index < -0.39 is 0 Å². The number of Topliss-reactive ketones (excluding diaryl/α,β-unsaturated/α-hetero) is 1. The quantitative estimate of drug-likeness (QED) is 0.595. The first-order valence-electron chi connectivity index (χ1n) is 10.3. The van der Waals surface area contributed by atoms with Crippen molar-refractivity contribution < 1.29 is 14.3 Å². The molecule has 1 N–H and O–H groups in total. The Hall–Kier alpha value is -2.20. The summed E-state index contributed by atoms with van der Waals surface area (Å²) in [5, 5.41) is 9.59. The SMILES string of the molecule is CN(CCCC(=O)c1ccc(F)cc1)CCC1(c2ccc(O)cc2)CCCC1. The van der Waals surface area contributed by atoms with Crippen molar-refractivity contribution >= 4 is 5.78 Å². The number of aromatic hydroxyl groups is 1. The lowest BCUT2D eigenvalue weighted by molar-refractivity contribution is 0.0975. The summed E-state index contributed by atoms with van der Waals surface area (Å²) in [7, 11) is 2.11. The molecule has 0 aliphatic heterocycles. The Labute approximate surface area is 167 Å².